The van der Waals surface area contributed by atoms with E-state index in [1.54, 1.807) is 6.07 Å². The largest absolute Gasteiger partial charge is 0.462 e. The Morgan fingerprint density at radius 1 is 1.29 bits per heavy atom. The van der Waals surface area contributed by atoms with Crippen molar-refractivity contribution >= 4 is 60.5 Å². The van der Waals surface area contributed by atoms with E-state index in [9.17, 15) is 9.65 Å². The summed E-state index contributed by atoms with van der Waals surface area (Å²) in [4.78, 5) is 16.6. The van der Waals surface area contributed by atoms with E-state index >= 15 is 0 Å². The van der Waals surface area contributed by atoms with Crippen molar-refractivity contribution in [3.8, 4) is 23.2 Å². The van der Waals surface area contributed by atoms with Crippen molar-refractivity contribution in [2.24, 2.45) is 10.9 Å². The third kappa shape index (κ3) is 5.18. The van der Waals surface area contributed by atoms with E-state index < -0.39 is 5.82 Å². The number of anilines is 1. The number of aromatic nitrogens is 2. The summed E-state index contributed by atoms with van der Waals surface area (Å²) in [6.45, 7) is 5.49. The zero-order chi connectivity index (χ0) is 29.5. The van der Waals surface area contributed by atoms with Crippen molar-refractivity contribution in [2.45, 2.75) is 33.0 Å². The average molecular weight is 608 g/mol. The molecule has 0 spiro atoms. The van der Waals surface area contributed by atoms with Gasteiger partial charge in [0.1, 0.15) is 23.5 Å². The predicted molar refractivity (Wildman–Crippen MR) is 165 cm³/mol. The van der Waals surface area contributed by atoms with E-state index in [1.807, 2.05) is 19.0 Å². The predicted octanol–water partition coefficient (Wildman–Crippen LogP) is 5.82. The van der Waals surface area contributed by atoms with Crippen LogP contribution >= 0.6 is 22.9 Å². The molecule has 9 nitrogen and oxygen atoms in total. The van der Waals surface area contributed by atoms with E-state index in [0.29, 0.717) is 75.2 Å². The molecule has 2 aromatic heterocycles. The van der Waals surface area contributed by atoms with Crippen molar-refractivity contribution in [3.63, 3.8) is 0 Å². The van der Waals surface area contributed by atoms with Crippen LogP contribution in [0.2, 0.25) is 5.02 Å². The molecule has 218 valence electrons. The Kier molecular flexibility index (Phi) is 8.00. The maximum Gasteiger partial charge on any atom is 0.319 e. The van der Waals surface area contributed by atoms with Gasteiger partial charge in [0.25, 0.3) is 0 Å². The van der Waals surface area contributed by atoms with Crippen molar-refractivity contribution in [3.05, 3.63) is 39.7 Å². The summed E-state index contributed by atoms with van der Waals surface area (Å²) in [5.41, 5.74) is 10.8. The van der Waals surface area contributed by atoms with Crippen LogP contribution in [0.15, 0.2) is 17.1 Å². The monoisotopic (exact) mass is 607 g/mol. The van der Waals surface area contributed by atoms with Crippen LogP contribution in [0.1, 0.15) is 36.5 Å². The summed E-state index contributed by atoms with van der Waals surface area (Å²) in [6.07, 6.45) is 1.88. The lowest BCUT2D eigenvalue weighted by Crippen LogP contribution is -2.22. The summed E-state index contributed by atoms with van der Waals surface area (Å²) in [5.74, 6) is 0.597. The Morgan fingerprint density at radius 2 is 2.10 bits per heavy atom. The minimum Gasteiger partial charge on any atom is -0.462 e. The number of halogens is 2. The molecule has 1 unspecified atom stereocenters. The van der Waals surface area contributed by atoms with Gasteiger partial charge in [0.2, 0.25) is 0 Å². The van der Waals surface area contributed by atoms with Gasteiger partial charge in [-0.3, -0.25) is 0 Å². The molecule has 42 heavy (non-hydrogen) atoms. The second kappa shape index (κ2) is 11.7. The molecule has 0 saturated carbocycles. The maximum absolute atomic E-state index is 14.9. The van der Waals surface area contributed by atoms with Crippen LogP contribution in [0.4, 0.5) is 15.2 Å². The number of nitrogen functional groups attached to an aromatic ring is 1. The lowest BCUT2D eigenvalue weighted by molar-refractivity contribution is 0.135. The first-order chi connectivity index (χ1) is 20.3. The summed E-state index contributed by atoms with van der Waals surface area (Å²) in [5, 5.41) is 15.1. The average Bonchev–Trinajstić information content (AvgIpc) is 3.51. The molecule has 0 aliphatic carbocycles. The summed E-state index contributed by atoms with van der Waals surface area (Å²) < 4.78 is 27.2. The highest BCUT2D eigenvalue weighted by Gasteiger charge is 2.30. The number of likely N-dealkylation sites (N-methyl/N-ethyl adjacent to an activating group) is 1. The number of thiophene rings is 1. The number of nitriles is 1. The van der Waals surface area contributed by atoms with Crippen LogP contribution in [0.5, 0.6) is 6.01 Å². The number of benzene rings is 2. The standard InChI is InChI=1S/C30H31ClFN7O2S/c1-15-4-5-16(12-35-11-15)36-29-24-20-14-40-13-19(20)22(25(31)26(24)37-30(38-29)41-9-8-39(2)3)17-6-7-21(32)27-23(17)18(10-33)28(34)42-27/h6-7,15,35H,4-5,8-9,11-14,34H2,1-3H3. The number of hydrogen-bond acceptors (Lipinski definition) is 10. The zero-order valence-corrected chi connectivity index (χ0v) is 25.3. The second-order valence-electron chi connectivity index (χ2n) is 11.0. The Bertz CT molecular complexity index is 1780. The van der Waals surface area contributed by atoms with Gasteiger partial charge in [0.15, 0.2) is 5.82 Å². The number of ether oxygens (including phenoxy) is 2. The van der Waals surface area contributed by atoms with E-state index in [-0.39, 0.29) is 23.2 Å². The summed E-state index contributed by atoms with van der Waals surface area (Å²) in [7, 11) is 3.93. The van der Waals surface area contributed by atoms with Gasteiger partial charge in [0.05, 0.1) is 39.4 Å². The fourth-order valence-corrected chi connectivity index (χ4v) is 6.86. The van der Waals surface area contributed by atoms with Crippen LogP contribution in [-0.2, 0) is 18.0 Å². The van der Waals surface area contributed by atoms with Gasteiger partial charge >= 0.3 is 6.01 Å². The number of rotatable bonds is 6. The molecule has 4 aromatic rings. The molecule has 1 atom stereocenters. The van der Waals surface area contributed by atoms with E-state index in [2.05, 4.69) is 18.3 Å². The molecule has 1 fully saturated rings. The Labute approximate surface area is 252 Å². The van der Waals surface area contributed by atoms with Gasteiger partial charge < -0.3 is 25.4 Å². The molecular weight excluding hydrogens is 577 g/mol. The number of nitrogens with two attached hydrogens (primary N) is 1. The summed E-state index contributed by atoms with van der Waals surface area (Å²) in [6, 6.07) is 5.35. The Hall–Kier alpha value is -3.40. The first-order valence-electron chi connectivity index (χ1n) is 13.8. The van der Waals surface area contributed by atoms with Gasteiger partial charge in [-0.05, 0) is 62.2 Å². The normalized spacial score (nSPS) is 18.1. The van der Waals surface area contributed by atoms with Crippen molar-refractivity contribution in [1.29, 1.82) is 5.26 Å². The lowest BCUT2D eigenvalue weighted by atomic mass is 9.91. The molecule has 3 N–H and O–H groups in total. The summed E-state index contributed by atoms with van der Waals surface area (Å²) >= 11 is 8.30. The van der Waals surface area contributed by atoms with Gasteiger partial charge in [-0.2, -0.15) is 15.2 Å². The first kappa shape index (κ1) is 28.7. The fraction of sp³-hybridized carbons (Fsp3) is 0.400. The van der Waals surface area contributed by atoms with Crippen LogP contribution in [-0.4, -0.2) is 60.9 Å². The van der Waals surface area contributed by atoms with E-state index in [0.717, 1.165) is 47.6 Å². The molecule has 0 amide bonds. The van der Waals surface area contributed by atoms with Crippen LogP contribution in [0.25, 0.3) is 32.1 Å². The zero-order valence-electron chi connectivity index (χ0n) is 23.7. The molecule has 1 saturated heterocycles. The number of fused-ring (bicyclic) bond motifs is 4. The number of nitrogens with zero attached hydrogens (tertiary/aromatic N) is 5. The number of aliphatic imine (C=N–C) groups is 1. The van der Waals surface area contributed by atoms with E-state index in [4.69, 9.17) is 41.8 Å². The molecule has 2 aromatic carbocycles. The van der Waals surface area contributed by atoms with Gasteiger partial charge in [0, 0.05) is 29.8 Å². The highest BCUT2D eigenvalue weighted by atomic mass is 35.5. The van der Waals surface area contributed by atoms with Crippen molar-refractivity contribution in [2.75, 3.05) is 46.1 Å². The quantitative estimate of drug-likeness (QED) is 0.281. The Balaban J connectivity index is 1.62. The van der Waals surface area contributed by atoms with Crippen molar-refractivity contribution in [1.82, 2.24) is 20.2 Å². The van der Waals surface area contributed by atoms with E-state index in [1.165, 1.54) is 6.07 Å². The molecule has 6 rings (SSSR count). The van der Waals surface area contributed by atoms with Gasteiger partial charge in [-0.25, -0.2) is 9.38 Å². The molecule has 0 bridgehead atoms. The molecule has 4 heterocycles. The minimum absolute atomic E-state index is 0.173. The number of hydrogen-bond donors (Lipinski definition) is 2. The fourth-order valence-electron chi connectivity index (χ4n) is 5.56. The molecule has 2 aliphatic heterocycles. The van der Waals surface area contributed by atoms with Gasteiger partial charge in [-0.1, -0.05) is 24.6 Å². The van der Waals surface area contributed by atoms with Gasteiger partial charge in [-0.15, -0.1) is 11.3 Å². The molecular formula is C30H31ClFN7O2S. The highest BCUT2D eigenvalue weighted by Crippen LogP contribution is 2.49. The van der Waals surface area contributed by atoms with Crippen LogP contribution in [0.3, 0.4) is 0 Å². The lowest BCUT2D eigenvalue weighted by Gasteiger charge is -2.17. The molecule has 2 aliphatic rings. The van der Waals surface area contributed by atoms with Crippen molar-refractivity contribution < 1.29 is 13.9 Å². The topological polar surface area (TPSA) is 122 Å². The third-order valence-corrected chi connectivity index (χ3v) is 9.13. The smallest absolute Gasteiger partial charge is 0.319 e. The molecule has 0 radical (unpaired) electrons. The second-order valence-corrected chi connectivity index (χ2v) is 12.5. The maximum atomic E-state index is 14.9. The first-order valence-corrected chi connectivity index (χ1v) is 15.0. The SMILES string of the molecule is CC1CCC(=Nc2nc(OCCN(C)C)nc3c(Cl)c(-c4ccc(F)c5sc(N)c(C#N)c45)c4c(c23)COC4)CNC1. The molecule has 12 heteroatoms. The van der Waals surface area contributed by atoms with Crippen LogP contribution in [0, 0.1) is 23.1 Å². The Morgan fingerprint density at radius 3 is 2.88 bits per heavy atom. The number of nitrogens with one attached hydrogen (secondary N) is 1. The van der Waals surface area contributed by atoms with Crippen LogP contribution < -0.4 is 15.8 Å². The minimum atomic E-state index is -0.444. The third-order valence-electron chi connectivity index (χ3n) is 7.74. The highest BCUT2D eigenvalue weighted by molar-refractivity contribution is 7.23.